The summed E-state index contributed by atoms with van der Waals surface area (Å²) in [5.41, 5.74) is 3.78. The third-order valence-corrected chi connectivity index (χ3v) is 4.47. The number of thioether (sulfide) groups is 1. The summed E-state index contributed by atoms with van der Waals surface area (Å²) in [5, 5.41) is 8.19. The van der Waals surface area contributed by atoms with Gasteiger partial charge in [0.15, 0.2) is 0 Å². The minimum absolute atomic E-state index is 0.333. The quantitative estimate of drug-likeness (QED) is 0.789. The maximum Gasteiger partial charge on any atom is 0.0596 e. The van der Waals surface area contributed by atoms with Gasteiger partial charge in [0.25, 0.3) is 0 Å². The Kier molecular flexibility index (Phi) is 5.88. The molecule has 2 aromatic rings. The highest BCUT2D eigenvalue weighted by atomic mass is 32.2. The molecule has 0 radical (unpaired) electrons. The van der Waals surface area contributed by atoms with E-state index in [0.29, 0.717) is 6.04 Å². The van der Waals surface area contributed by atoms with Gasteiger partial charge < -0.3 is 5.32 Å². The Morgan fingerprint density at radius 1 is 1.29 bits per heavy atom. The van der Waals surface area contributed by atoms with Gasteiger partial charge in [-0.1, -0.05) is 25.1 Å². The molecule has 2 rings (SSSR count). The van der Waals surface area contributed by atoms with Crippen LogP contribution in [0.2, 0.25) is 0 Å². The van der Waals surface area contributed by atoms with E-state index in [4.69, 9.17) is 0 Å². The minimum atomic E-state index is 0.333. The van der Waals surface area contributed by atoms with Crippen molar-refractivity contribution in [2.45, 2.75) is 44.7 Å². The summed E-state index contributed by atoms with van der Waals surface area (Å²) in [4.78, 5) is 1.35. The van der Waals surface area contributed by atoms with Gasteiger partial charge in [-0.25, -0.2) is 0 Å². The number of hydrogen-bond donors (Lipinski definition) is 1. The van der Waals surface area contributed by atoms with Crippen LogP contribution in [0.1, 0.15) is 36.8 Å². The third kappa shape index (κ3) is 3.89. The normalized spacial score (nSPS) is 12.6. The van der Waals surface area contributed by atoms with Gasteiger partial charge in [0.2, 0.25) is 0 Å². The molecule has 4 heteroatoms. The van der Waals surface area contributed by atoms with E-state index < -0.39 is 0 Å². The Balaban J connectivity index is 2.30. The first-order chi connectivity index (χ1) is 10.2. The van der Waals surface area contributed by atoms with Crippen LogP contribution in [0.5, 0.6) is 0 Å². The molecule has 0 aliphatic heterocycles. The molecule has 0 bridgehead atoms. The molecule has 0 saturated carbocycles. The molecule has 0 amide bonds. The summed E-state index contributed by atoms with van der Waals surface area (Å²) < 4.78 is 2.11. The summed E-state index contributed by atoms with van der Waals surface area (Å²) >= 11 is 1.81. The van der Waals surface area contributed by atoms with Crippen molar-refractivity contribution in [2.24, 2.45) is 0 Å². The molecule has 1 unspecified atom stereocenters. The van der Waals surface area contributed by atoms with Gasteiger partial charge in [0, 0.05) is 29.6 Å². The molecule has 0 fully saturated rings. The van der Waals surface area contributed by atoms with E-state index in [1.54, 1.807) is 0 Å². The number of nitrogens with one attached hydrogen (secondary N) is 1. The number of aromatic nitrogens is 2. The predicted octanol–water partition coefficient (Wildman–Crippen LogP) is 3.83. The molecule has 1 aromatic carbocycles. The van der Waals surface area contributed by atoms with Crippen molar-refractivity contribution in [3.05, 3.63) is 47.3 Å². The smallest absolute Gasteiger partial charge is 0.0596 e. The second-order valence-corrected chi connectivity index (χ2v) is 6.00. The first-order valence-electron chi connectivity index (χ1n) is 7.59. The second kappa shape index (κ2) is 7.66. The predicted molar refractivity (Wildman–Crippen MR) is 91.0 cm³/mol. The fourth-order valence-electron chi connectivity index (χ4n) is 2.74. The van der Waals surface area contributed by atoms with Crippen LogP contribution >= 0.6 is 11.8 Å². The van der Waals surface area contributed by atoms with Crippen LogP contribution in [-0.2, 0) is 13.0 Å². The van der Waals surface area contributed by atoms with E-state index in [1.807, 2.05) is 11.8 Å². The molecule has 1 aromatic heterocycles. The highest BCUT2D eigenvalue weighted by molar-refractivity contribution is 7.98. The van der Waals surface area contributed by atoms with Gasteiger partial charge in [0.05, 0.1) is 5.69 Å². The molecule has 0 spiro atoms. The molecule has 0 saturated heterocycles. The monoisotopic (exact) mass is 303 g/mol. The minimum Gasteiger partial charge on any atom is -0.310 e. The lowest BCUT2D eigenvalue weighted by molar-refractivity contribution is 0.511. The van der Waals surface area contributed by atoms with E-state index in [1.165, 1.54) is 16.2 Å². The van der Waals surface area contributed by atoms with Crippen molar-refractivity contribution in [1.82, 2.24) is 15.1 Å². The van der Waals surface area contributed by atoms with Crippen LogP contribution in [0.4, 0.5) is 0 Å². The Hall–Kier alpha value is -1.26. The standard InChI is InChI=1S/C17H25N3S/c1-5-18-16(15-9-7-8-10-17(15)21-4)12-14-11-13(3)19-20(14)6-2/h7-11,16,18H,5-6,12H2,1-4H3. The molecule has 1 atom stereocenters. The van der Waals surface area contributed by atoms with Gasteiger partial charge in [-0.2, -0.15) is 5.10 Å². The van der Waals surface area contributed by atoms with Gasteiger partial charge in [-0.05, 0) is 44.3 Å². The van der Waals surface area contributed by atoms with Crippen LogP contribution < -0.4 is 5.32 Å². The van der Waals surface area contributed by atoms with Crippen LogP contribution in [-0.4, -0.2) is 22.6 Å². The SMILES string of the molecule is CCNC(Cc1cc(C)nn1CC)c1ccccc1SC. The zero-order chi connectivity index (χ0) is 15.2. The Morgan fingerprint density at radius 2 is 2.05 bits per heavy atom. The fourth-order valence-corrected chi connectivity index (χ4v) is 3.40. The molecule has 3 nitrogen and oxygen atoms in total. The summed E-state index contributed by atoms with van der Waals surface area (Å²) in [6.45, 7) is 8.26. The van der Waals surface area contributed by atoms with Crippen molar-refractivity contribution >= 4 is 11.8 Å². The topological polar surface area (TPSA) is 29.9 Å². The lowest BCUT2D eigenvalue weighted by Crippen LogP contribution is -2.24. The highest BCUT2D eigenvalue weighted by Gasteiger charge is 2.17. The van der Waals surface area contributed by atoms with Crippen molar-refractivity contribution < 1.29 is 0 Å². The first-order valence-corrected chi connectivity index (χ1v) is 8.81. The number of rotatable bonds is 7. The van der Waals surface area contributed by atoms with Crippen LogP contribution in [0.3, 0.4) is 0 Å². The maximum absolute atomic E-state index is 4.56. The zero-order valence-electron chi connectivity index (χ0n) is 13.4. The molecule has 1 heterocycles. The van der Waals surface area contributed by atoms with Gasteiger partial charge in [-0.15, -0.1) is 11.8 Å². The molecule has 114 valence electrons. The lowest BCUT2D eigenvalue weighted by Gasteiger charge is -2.21. The average molecular weight is 303 g/mol. The summed E-state index contributed by atoms with van der Waals surface area (Å²) in [6.07, 6.45) is 3.11. The Morgan fingerprint density at radius 3 is 2.71 bits per heavy atom. The lowest BCUT2D eigenvalue weighted by atomic mass is 10.0. The van der Waals surface area contributed by atoms with Gasteiger partial charge in [-0.3, -0.25) is 4.68 Å². The van der Waals surface area contributed by atoms with Crippen molar-refractivity contribution in [2.75, 3.05) is 12.8 Å². The fraction of sp³-hybridized carbons (Fsp3) is 0.471. The zero-order valence-corrected chi connectivity index (χ0v) is 14.2. The molecule has 0 aliphatic carbocycles. The van der Waals surface area contributed by atoms with Crippen molar-refractivity contribution in [3.63, 3.8) is 0 Å². The number of aryl methyl sites for hydroxylation is 2. The van der Waals surface area contributed by atoms with E-state index in [9.17, 15) is 0 Å². The molecular weight excluding hydrogens is 278 g/mol. The molecule has 1 N–H and O–H groups in total. The molecule has 21 heavy (non-hydrogen) atoms. The third-order valence-electron chi connectivity index (χ3n) is 3.66. The van der Waals surface area contributed by atoms with E-state index in [2.05, 4.69) is 72.5 Å². The average Bonchev–Trinajstić information content (AvgIpc) is 2.86. The largest absolute Gasteiger partial charge is 0.310 e. The maximum atomic E-state index is 4.56. The second-order valence-electron chi connectivity index (χ2n) is 5.15. The van der Waals surface area contributed by atoms with E-state index in [-0.39, 0.29) is 0 Å². The van der Waals surface area contributed by atoms with Crippen LogP contribution in [0, 0.1) is 6.92 Å². The molecular formula is C17H25N3S. The Bertz CT molecular complexity index is 577. The van der Waals surface area contributed by atoms with Crippen molar-refractivity contribution in [3.8, 4) is 0 Å². The van der Waals surface area contributed by atoms with Crippen LogP contribution in [0.25, 0.3) is 0 Å². The number of hydrogen-bond acceptors (Lipinski definition) is 3. The summed E-state index contributed by atoms with van der Waals surface area (Å²) in [7, 11) is 0. The van der Waals surface area contributed by atoms with Gasteiger partial charge >= 0.3 is 0 Å². The van der Waals surface area contributed by atoms with Crippen LogP contribution in [0.15, 0.2) is 35.2 Å². The van der Waals surface area contributed by atoms with Gasteiger partial charge in [0.1, 0.15) is 0 Å². The number of nitrogens with zero attached hydrogens (tertiary/aromatic N) is 2. The first kappa shape index (κ1) is 16.1. The van der Waals surface area contributed by atoms with E-state index >= 15 is 0 Å². The molecule has 0 aliphatic rings. The number of benzene rings is 1. The highest BCUT2D eigenvalue weighted by Crippen LogP contribution is 2.28. The number of likely N-dealkylation sites (N-methyl/N-ethyl adjacent to an activating group) is 1. The van der Waals surface area contributed by atoms with Crippen molar-refractivity contribution in [1.29, 1.82) is 0 Å². The van der Waals surface area contributed by atoms with E-state index in [0.717, 1.165) is 25.2 Å². The summed E-state index contributed by atoms with van der Waals surface area (Å²) in [6, 6.07) is 11.2. The Labute approximate surface area is 132 Å². The summed E-state index contributed by atoms with van der Waals surface area (Å²) in [5.74, 6) is 0.